The van der Waals surface area contributed by atoms with E-state index in [0.717, 1.165) is 80.9 Å². The van der Waals surface area contributed by atoms with Gasteiger partial charge in [-0.2, -0.15) is 0 Å². The summed E-state index contributed by atoms with van der Waals surface area (Å²) in [6, 6.07) is 56.9. The van der Waals surface area contributed by atoms with E-state index in [-0.39, 0.29) is 11.1 Å². The molecule has 340 valence electrons. The van der Waals surface area contributed by atoms with Crippen LogP contribution in [0, 0.1) is 13.8 Å². The summed E-state index contributed by atoms with van der Waals surface area (Å²) in [5, 5.41) is 53.0. The monoisotopic (exact) mass is 896 g/mol. The Balaban J connectivity index is 1.05. The highest BCUT2D eigenvalue weighted by molar-refractivity contribution is 6.11. The molecule has 0 amide bonds. The number of rotatable bonds is 14. The maximum Gasteiger partial charge on any atom is 0.166 e. The van der Waals surface area contributed by atoms with Crippen molar-refractivity contribution < 1.29 is 20.4 Å². The van der Waals surface area contributed by atoms with Gasteiger partial charge in [-0.3, -0.25) is 10.3 Å². The zero-order valence-electron chi connectivity index (χ0n) is 38.8. The summed E-state index contributed by atoms with van der Waals surface area (Å²) in [4.78, 5) is 5.52. The van der Waals surface area contributed by atoms with E-state index in [9.17, 15) is 20.4 Å². The van der Waals surface area contributed by atoms with Gasteiger partial charge in [0.25, 0.3) is 0 Å². The van der Waals surface area contributed by atoms with Gasteiger partial charge < -0.3 is 30.3 Å². The molecule has 68 heavy (non-hydrogen) atoms. The molecular formula is C60H56N4O4. The summed E-state index contributed by atoms with van der Waals surface area (Å²) in [6.45, 7) is 7.59. The average Bonchev–Trinajstić information content (AvgIpc) is 4.17. The number of anilines is 2. The maximum absolute atomic E-state index is 11.0. The fourth-order valence-corrected chi connectivity index (χ4v) is 9.93. The van der Waals surface area contributed by atoms with Gasteiger partial charge in [0.1, 0.15) is 6.17 Å². The SMILES string of the molecule is CCCC(=NC(NC(C)c1c(O)c(O)c(C)c(O)c1O)c1ccccc1)c1cccc(C2CC2)c1-c1ccc(-n2c3ccccc3c3cc(Nc4ccccc4-c4ccccc4)ccc32)cc1C. The van der Waals surface area contributed by atoms with Gasteiger partial charge in [0, 0.05) is 56.3 Å². The van der Waals surface area contributed by atoms with Crippen LogP contribution < -0.4 is 10.6 Å². The number of hydrogen-bond acceptors (Lipinski definition) is 7. The first-order valence-electron chi connectivity index (χ1n) is 23.6. The van der Waals surface area contributed by atoms with E-state index in [4.69, 9.17) is 4.99 Å². The van der Waals surface area contributed by atoms with Gasteiger partial charge in [-0.1, -0.05) is 135 Å². The second-order valence-electron chi connectivity index (χ2n) is 18.1. The van der Waals surface area contributed by atoms with E-state index in [1.54, 1.807) is 6.92 Å². The van der Waals surface area contributed by atoms with Crippen LogP contribution in [0.2, 0.25) is 0 Å². The second-order valence-corrected chi connectivity index (χ2v) is 18.1. The van der Waals surface area contributed by atoms with Crippen molar-refractivity contribution in [1.29, 1.82) is 0 Å². The number of hydrogen-bond donors (Lipinski definition) is 6. The number of phenolic OH excluding ortho intramolecular Hbond substituents is 4. The third kappa shape index (κ3) is 8.22. The highest BCUT2D eigenvalue weighted by Gasteiger charge is 2.31. The summed E-state index contributed by atoms with van der Waals surface area (Å²) in [5.41, 5.74) is 15.5. The molecule has 0 saturated heterocycles. The van der Waals surface area contributed by atoms with Crippen molar-refractivity contribution in [2.24, 2.45) is 4.99 Å². The lowest BCUT2D eigenvalue weighted by molar-refractivity contribution is 0.348. The molecule has 0 aliphatic heterocycles. The lowest BCUT2D eigenvalue weighted by atomic mass is 9.86. The Morgan fingerprint density at radius 2 is 1.34 bits per heavy atom. The Bertz CT molecular complexity index is 3330. The van der Waals surface area contributed by atoms with Gasteiger partial charge in [-0.25, -0.2) is 0 Å². The van der Waals surface area contributed by atoms with Crippen LogP contribution in [-0.4, -0.2) is 30.7 Å². The van der Waals surface area contributed by atoms with Crippen LogP contribution in [0.3, 0.4) is 0 Å². The van der Waals surface area contributed by atoms with Crippen LogP contribution in [0.25, 0.3) is 49.7 Å². The lowest BCUT2D eigenvalue weighted by Gasteiger charge is -2.25. The van der Waals surface area contributed by atoms with Crippen LogP contribution in [0.4, 0.5) is 11.4 Å². The number of benzene rings is 8. The number of fused-ring (bicyclic) bond motifs is 3. The van der Waals surface area contributed by atoms with E-state index in [2.05, 4.69) is 156 Å². The van der Waals surface area contributed by atoms with Crippen LogP contribution in [0.5, 0.6) is 23.0 Å². The molecule has 0 radical (unpaired) electrons. The predicted molar refractivity (Wildman–Crippen MR) is 278 cm³/mol. The van der Waals surface area contributed by atoms with E-state index in [1.807, 2.05) is 36.4 Å². The topological polar surface area (TPSA) is 122 Å². The fraction of sp³-hybridized carbons (Fsp3) is 0.183. The number of phenols is 4. The lowest BCUT2D eigenvalue weighted by Crippen LogP contribution is -2.25. The van der Waals surface area contributed by atoms with Gasteiger partial charge in [-0.15, -0.1) is 0 Å². The molecule has 2 atom stereocenters. The number of aryl methyl sites for hydroxylation is 1. The smallest absolute Gasteiger partial charge is 0.166 e. The summed E-state index contributed by atoms with van der Waals surface area (Å²) < 4.78 is 2.38. The normalized spacial score (nSPS) is 13.8. The Hall–Kier alpha value is -7.81. The van der Waals surface area contributed by atoms with Crippen molar-refractivity contribution in [2.45, 2.75) is 71.5 Å². The van der Waals surface area contributed by atoms with E-state index >= 15 is 0 Å². The number of aliphatic imine (C=N–C) groups is 1. The summed E-state index contributed by atoms with van der Waals surface area (Å²) in [7, 11) is 0. The molecule has 0 spiro atoms. The highest BCUT2D eigenvalue weighted by Crippen LogP contribution is 2.50. The Morgan fingerprint density at radius 1 is 0.662 bits per heavy atom. The van der Waals surface area contributed by atoms with Crippen molar-refractivity contribution in [2.75, 3.05) is 5.32 Å². The molecule has 9 aromatic rings. The fourth-order valence-electron chi connectivity index (χ4n) is 9.93. The first-order chi connectivity index (χ1) is 33.1. The Morgan fingerprint density at radius 3 is 2.06 bits per heavy atom. The molecule has 1 saturated carbocycles. The zero-order valence-corrected chi connectivity index (χ0v) is 38.8. The van der Waals surface area contributed by atoms with Crippen LogP contribution in [0.1, 0.15) is 91.0 Å². The number of aromatic nitrogens is 1. The first-order valence-corrected chi connectivity index (χ1v) is 23.6. The molecule has 2 unspecified atom stereocenters. The number of nitrogens with zero attached hydrogens (tertiary/aromatic N) is 2. The summed E-state index contributed by atoms with van der Waals surface area (Å²) in [5.74, 6) is -1.45. The van der Waals surface area contributed by atoms with Gasteiger partial charge in [0.2, 0.25) is 0 Å². The molecule has 1 aliphatic carbocycles. The molecule has 1 fully saturated rings. The van der Waals surface area contributed by atoms with E-state index in [0.29, 0.717) is 12.3 Å². The quantitative estimate of drug-likeness (QED) is 0.0367. The molecule has 1 aromatic heterocycles. The molecule has 0 bridgehead atoms. The van der Waals surface area contributed by atoms with Crippen LogP contribution >= 0.6 is 0 Å². The minimum absolute atomic E-state index is 0.00363. The van der Waals surface area contributed by atoms with Gasteiger partial charge >= 0.3 is 0 Å². The van der Waals surface area contributed by atoms with Gasteiger partial charge in [0.15, 0.2) is 23.0 Å². The Labute approximate surface area is 397 Å². The molecule has 1 aliphatic rings. The number of nitrogens with one attached hydrogen (secondary N) is 2. The van der Waals surface area contributed by atoms with Gasteiger partial charge in [-0.05, 0) is 122 Å². The maximum atomic E-state index is 11.0. The standard InChI is InChI=1S/C60H56N4O4/c1-5-17-50(63-60(41-20-10-7-11-21-41)61-38(4)54-58(67)56(65)37(3)57(66)59(54)68)48-25-16-24-46(40-28-29-40)55(48)44-32-31-43(34-36(44)2)64-52-27-15-13-23-47(52)49-35-42(30-33-53(49)64)62-51-26-14-12-22-45(51)39-18-8-6-9-19-39/h6-16,18-27,30-35,38,40,60-62,65-68H,5,17,28-29H2,1-4H3. The highest BCUT2D eigenvalue weighted by atomic mass is 16.3. The zero-order chi connectivity index (χ0) is 47.1. The summed E-state index contributed by atoms with van der Waals surface area (Å²) >= 11 is 0. The van der Waals surface area contributed by atoms with E-state index < -0.39 is 35.2 Å². The molecular weight excluding hydrogens is 841 g/mol. The average molecular weight is 897 g/mol. The Kier molecular flexibility index (Phi) is 12.0. The van der Waals surface area contributed by atoms with Crippen molar-refractivity contribution in [3.63, 3.8) is 0 Å². The molecule has 6 N–H and O–H groups in total. The van der Waals surface area contributed by atoms with Crippen molar-refractivity contribution >= 4 is 38.9 Å². The predicted octanol–water partition coefficient (Wildman–Crippen LogP) is 14.8. The van der Waals surface area contributed by atoms with Crippen molar-refractivity contribution in [3.8, 4) is 50.9 Å². The third-order valence-corrected chi connectivity index (χ3v) is 13.5. The van der Waals surface area contributed by atoms with Crippen molar-refractivity contribution in [3.05, 3.63) is 197 Å². The minimum Gasteiger partial charge on any atom is -0.504 e. The number of aromatic hydroxyl groups is 4. The molecule has 1 heterocycles. The van der Waals surface area contributed by atoms with E-state index in [1.165, 1.54) is 34.4 Å². The number of para-hydroxylation sites is 2. The van der Waals surface area contributed by atoms with Gasteiger partial charge in [0.05, 0.1) is 16.6 Å². The molecule has 8 nitrogen and oxygen atoms in total. The second kappa shape index (κ2) is 18.5. The minimum atomic E-state index is -0.726. The van der Waals surface area contributed by atoms with Crippen molar-refractivity contribution in [1.82, 2.24) is 9.88 Å². The van der Waals surface area contributed by atoms with Crippen LogP contribution in [-0.2, 0) is 0 Å². The largest absolute Gasteiger partial charge is 0.504 e. The summed E-state index contributed by atoms with van der Waals surface area (Å²) in [6.07, 6.45) is 3.23. The van der Waals surface area contributed by atoms with Crippen LogP contribution in [0.15, 0.2) is 169 Å². The molecule has 10 rings (SSSR count). The molecule has 8 heteroatoms. The molecule has 8 aromatic carbocycles. The first kappa shape index (κ1) is 44.0. The third-order valence-electron chi connectivity index (χ3n) is 13.5.